The molecule has 0 unspecified atom stereocenters. The molecule has 2 rings (SSSR count). The molecule has 0 saturated heterocycles. The number of ether oxygens (including phenoxy) is 1. The molecular weight excluding hydrogens is 418 g/mol. The van der Waals surface area contributed by atoms with Gasteiger partial charge >= 0.3 is 5.97 Å². The molecule has 0 aromatic heterocycles. The molecule has 0 spiro atoms. The van der Waals surface area contributed by atoms with Crippen molar-refractivity contribution in [2.45, 2.75) is 38.7 Å². The molecule has 0 aliphatic heterocycles. The van der Waals surface area contributed by atoms with Crippen LogP contribution in [-0.2, 0) is 19.6 Å². The van der Waals surface area contributed by atoms with Crippen molar-refractivity contribution in [3.05, 3.63) is 58.1 Å². The zero-order chi connectivity index (χ0) is 19.5. The highest BCUT2D eigenvalue weighted by atomic mass is 79.9. The lowest BCUT2D eigenvalue weighted by molar-refractivity contribution is -0.145. The molecule has 0 atom stereocenters. The van der Waals surface area contributed by atoms with Crippen LogP contribution in [0, 0.1) is 13.8 Å². The summed E-state index contributed by atoms with van der Waals surface area (Å²) in [5.41, 5.74) is 2.26. The molecule has 0 bridgehead atoms. The predicted octanol–water partition coefficient (Wildman–Crippen LogP) is 4.21. The molecule has 0 N–H and O–H groups in total. The average molecular weight is 440 g/mol. The van der Waals surface area contributed by atoms with Crippen LogP contribution in [0.4, 0.5) is 5.69 Å². The van der Waals surface area contributed by atoms with Crippen LogP contribution in [0.25, 0.3) is 0 Å². The first kappa shape index (κ1) is 20.5. The maximum Gasteiger partial charge on any atom is 0.327 e. The van der Waals surface area contributed by atoms with Crippen LogP contribution in [0.1, 0.15) is 25.0 Å². The third-order valence-corrected chi connectivity index (χ3v) is 5.85. The van der Waals surface area contributed by atoms with E-state index in [0.29, 0.717) is 5.69 Å². The second kappa shape index (κ2) is 8.22. The number of nitrogens with zero attached hydrogens (tertiary/aromatic N) is 1. The Morgan fingerprint density at radius 2 is 1.62 bits per heavy atom. The van der Waals surface area contributed by atoms with Gasteiger partial charge in [-0.25, -0.2) is 8.42 Å². The van der Waals surface area contributed by atoms with Crippen molar-refractivity contribution in [3.8, 4) is 0 Å². The van der Waals surface area contributed by atoms with E-state index in [1.807, 2.05) is 19.9 Å². The minimum Gasteiger partial charge on any atom is -0.462 e. The Morgan fingerprint density at radius 1 is 1.08 bits per heavy atom. The SMILES string of the molecule is Cc1cc(C)cc(N(CC(=O)OC(C)C)S(=O)(=O)c2ccc(Br)cc2)c1. The van der Waals surface area contributed by atoms with Crippen molar-refractivity contribution >= 4 is 37.6 Å². The molecule has 0 heterocycles. The Balaban J connectivity index is 2.51. The lowest BCUT2D eigenvalue weighted by Crippen LogP contribution is -2.37. The van der Waals surface area contributed by atoms with Crippen molar-refractivity contribution in [2.24, 2.45) is 0 Å². The molecule has 0 aliphatic rings. The second-order valence-electron chi connectivity index (χ2n) is 6.35. The van der Waals surface area contributed by atoms with Gasteiger partial charge in [-0.1, -0.05) is 22.0 Å². The van der Waals surface area contributed by atoms with E-state index in [4.69, 9.17) is 4.74 Å². The number of carbonyl (C=O) groups is 1. The summed E-state index contributed by atoms with van der Waals surface area (Å²) in [5, 5.41) is 0. The normalized spacial score (nSPS) is 11.5. The van der Waals surface area contributed by atoms with Crippen molar-refractivity contribution in [2.75, 3.05) is 10.8 Å². The lowest BCUT2D eigenvalue weighted by atomic mass is 10.1. The number of anilines is 1. The van der Waals surface area contributed by atoms with E-state index >= 15 is 0 Å². The van der Waals surface area contributed by atoms with Gasteiger partial charge in [0.2, 0.25) is 0 Å². The largest absolute Gasteiger partial charge is 0.462 e. The van der Waals surface area contributed by atoms with E-state index in [-0.39, 0.29) is 17.5 Å². The molecule has 0 aliphatic carbocycles. The van der Waals surface area contributed by atoms with Crippen LogP contribution in [0.15, 0.2) is 51.8 Å². The number of halogens is 1. The predicted molar refractivity (Wildman–Crippen MR) is 106 cm³/mol. The summed E-state index contributed by atoms with van der Waals surface area (Å²) in [6, 6.07) is 11.7. The number of hydrogen-bond acceptors (Lipinski definition) is 4. The Morgan fingerprint density at radius 3 is 2.12 bits per heavy atom. The van der Waals surface area contributed by atoms with Gasteiger partial charge in [-0.3, -0.25) is 9.10 Å². The summed E-state index contributed by atoms with van der Waals surface area (Å²) in [6.07, 6.45) is -0.320. The van der Waals surface area contributed by atoms with Gasteiger partial charge in [0.15, 0.2) is 0 Å². The molecule has 0 radical (unpaired) electrons. The number of aryl methyl sites for hydroxylation is 2. The van der Waals surface area contributed by atoms with Crippen molar-refractivity contribution in [3.63, 3.8) is 0 Å². The average Bonchev–Trinajstić information content (AvgIpc) is 2.51. The fourth-order valence-corrected chi connectivity index (χ4v) is 4.22. The molecule has 7 heteroatoms. The lowest BCUT2D eigenvalue weighted by Gasteiger charge is -2.25. The Labute approximate surface area is 163 Å². The first-order valence-corrected chi connectivity index (χ1v) is 10.4. The van der Waals surface area contributed by atoms with Gasteiger partial charge in [0.1, 0.15) is 6.54 Å². The minimum atomic E-state index is -3.92. The van der Waals surface area contributed by atoms with Crippen LogP contribution in [0.3, 0.4) is 0 Å². The highest BCUT2D eigenvalue weighted by Gasteiger charge is 2.28. The van der Waals surface area contributed by atoms with E-state index < -0.39 is 16.0 Å². The number of esters is 1. The van der Waals surface area contributed by atoms with Gasteiger partial charge in [-0.05, 0) is 75.2 Å². The van der Waals surface area contributed by atoms with E-state index in [9.17, 15) is 13.2 Å². The first-order chi connectivity index (χ1) is 12.1. The topological polar surface area (TPSA) is 63.7 Å². The zero-order valence-electron chi connectivity index (χ0n) is 15.2. The molecule has 2 aromatic rings. The van der Waals surface area contributed by atoms with Gasteiger partial charge in [0.25, 0.3) is 10.0 Å². The quantitative estimate of drug-likeness (QED) is 0.632. The molecule has 0 saturated carbocycles. The summed E-state index contributed by atoms with van der Waals surface area (Å²) < 4.78 is 33.4. The highest BCUT2D eigenvalue weighted by Crippen LogP contribution is 2.26. The maximum atomic E-state index is 13.2. The summed E-state index contributed by atoms with van der Waals surface area (Å²) >= 11 is 3.30. The fraction of sp³-hybridized carbons (Fsp3) is 0.316. The van der Waals surface area contributed by atoms with Crippen LogP contribution in [0.2, 0.25) is 0 Å². The molecule has 26 heavy (non-hydrogen) atoms. The van der Waals surface area contributed by atoms with Crippen molar-refractivity contribution in [1.82, 2.24) is 0 Å². The van der Waals surface area contributed by atoms with Gasteiger partial charge in [0.05, 0.1) is 16.7 Å². The summed E-state index contributed by atoms with van der Waals surface area (Å²) in [7, 11) is -3.92. The highest BCUT2D eigenvalue weighted by molar-refractivity contribution is 9.10. The molecule has 5 nitrogen and oxygen atoms in total. The number of carbonyl (C=O) groups excluding carboxylic acids is 1. The van der Waals surface area contributed by atoms with E-state index in [1.165, 1.54) is 12.1 Å². The van der Waals surface area contributed by atoms with Crippen LogP contribution in [-0.4, -0.2) is 27.0 Å². The van der Waals surface area contributed by atoms with Crippen LogP contribution in [0.5, 0.6) is 0 Å². The van der Waals surface area contributed by atoms with Crippen LogP contribution < -0.4 is 4.31 Å². The van der Waals surface area contributed by atoms with E-state index in [2.05, 4.69) is 15.9 Å². The summed E-state index contributed by atoms with van der Waals surface area (Å²) in [5.74, 6) is -0.597. The molecular formula is C19H22BrNO4S. The maximum absolute atomic E-state index is 13.2. The molecule has 0 fully saturated rings. The second-order valence-corrected chi connectivity index (χ2v) is 9.13. The van der Waals surface area contributed by atoms with Crippen molar-refractivity contribution < 1.29 is 17.9 Å². The number of sulfonamides is 1. The first-order valence-electron chi connectivity index (χ1n) is 8.15. The Kier molecular flexibility index (Phi) is 6.47. The summed E-state index contributed by atoms with van der Waals surface area (Å²) in [4.78, 5) is 12.3. The van der Waals surface area contributed by atoms with Gasteiger partial charge in [-0.15, -0.1) is 0 Å². The zero-order valence-corrected chi connectivity index (χ0v) is 17.6. The monoisotopic (exact) mass is 439 g/mol. The number of benzene rings is 2. The van der Waals surface area contributed by atoms with Crippen LogP contribution >= 0.6 is 15.9 Å². The Hall–Kier alpha value is -1.86. The third-order valence-electron chi connectivity index (χ3n) is 3.54. The molecule has 2 aromatic carbocycles. The smallest absolute Gasteiger partial charge is 0.327 e. The van der Waals surface area contributed by atoms with Gasteiger partial charge in [0, 0.05) is 4.47 Å². The molecule has 140 valence electrons. The standard InChI is InChI=1S/C19H22BrNO4S/c1-13(2)25-19(22)12-21(17-10-14(3)9-15(4)11-17)26(23,24)18-7-5-16(20)6-8-18/h5-11,13H,12H2,1-4H3. The summed E-state index contributed by atoms with van der Waals surface area (Å²) in [6.45, 7) is 6.82. The third kappa shape index (κ3) is 5.08. The van der Waals surface area contributed by atoms with Gasteiger partial charge in [-0.2, -0.15) is 0 Å². The fourth-order valence-electron chi connectivity index (χ4n) is 2.56. The van der Waals surface area contributed by atoms with E-state index in [0.717, 1.165) is 19.9 Å². The Bertz CT molecular complexity index is 872. The number of hydrogen-bond donors (Lipinski definition) is 0. The van der Waals surface area contributed by atoms with Crippen molar-refractivity contribution in [1.29, 1.82) is 0 Å². The minimum absolute atomic E-state index is 0.109. The van der Waals surface area contributed by atoms with Gasteiger partial charge < -0.3 is 4.74 Å². The number of rotatable bonds is 6. The van der Waals surface area contributed by atoms with E-state index in [1.54, 1.807) is 38.1 Å². The molecule has 0 amide bonds.